The third-order valence-corrected chi connectivity index (χ3v) is 4.04. The Morgan fingerprint density at radius 1 is 1.21 bits per heavy atom. The van der Waals surface area contributed by atoms with Crippen LogP contribution in [0.4, 0.5) is 0 Å². The zero-order valence-electron chi connectivity index (χ0n) is 12.6. The summed E-state index contributed by atoms with van der Waals surface area (Å²) >= 11 is 0. The highest BCUT2D eigenvalue weighted by Crippen LogP contribution is 2.09. The standard InChI is InChI=1S/C14H29N3O2/c1-4-13(5-2)17(10-11-18)12-14(19)16-8-6-15(3)7-9-16/h13,18H,4-12H2,1-3H3. The van der Waals surface area contributed by atoms with Crippen LogP contribution in [-0.2, 0) is 4.79 Å². The number of hydrogen-bond acceptors (Lipinski definition) is 4. The second kappa shape index (κ2) is 8.51. The van der Waals surface area contributed by atoms with Gasteiger partial charge in [0.2, 0.25) is 5.91 Å². The molecule has 5 nitrogen and oxygen atoms in total. The number of rotatable bonds is 7. The van der Waals surface area contributed by atoms with E-state index in [0.29, 0.717) is 19.1 Å². The van der Waals surface area contributed by atoms with E-state index in [9.17, 15) is 4.79 Å². The summed E-state index contributed by atoms with van der Waals surface area (Å²) in [5.74, 6) is 0.202. The monoisotopic (exact) mass is 271 g/mol. The van der Waals surface area contributed by atoms with Crippen molar-refractivity contribution in [2.75, 3.05) is 52.9 Å². The largest absolute Gasteiger partial charge is 0.395 e. The summed E-state index contributed by atoms with van der Waals surface area (Å²) in [7, 11) is 2.09. The molecule has 0 aromatic heterocycles. The second-order valence-electron chi connectivity index (χ2n) is 5.35. The lowest BCUT2D eigenvalue weighted by atomic mass is 10.1. The highest BCUT2D eigenvalue weighted by Gasteiger charge is 2.23. The Kier molecular flexibility index (Phi) is 7.34. The van der Waals surface area contributed by atoms with E-state index in [1.807, 2.05) is 4.90 Å². The van der Waals surface area contributed by atoms with Gasteiger partial charge in [-0.3, -0.25) is 9.69 Å². The molecule has 112 valence electrons. The van der Waals surface area contributed by atoms with Gasteiger partial charge in [-0.15, -0.1) is 0 Å². The van der Waals surface area contributed by atoms with Crippen molar-refractivity contribution in [3.8, 4) is 0 Å². The first-order chi connectivity index (χ1) is 9.12. The lowest BCUT2D eigenvalue weighted by Gasteiger charge is -2.35. The summed E-state index contributed by atoms with van der Waals surface area (Å²) in [6.45, 7) is 8.98. The quantitative estimate of drug-likeness (QED) is 0.721. The molecule has 0 spiro atoms. The van der Waals surface area contributed by atoms with Gasteiger partial charge in [0.1, 0.15) is 0 Å². The molecule has 1 rings (SSSR count). The minimum absolute atomic E-state index is 0.118. The minimum Gasteiger partial charge on any atom is -0.395 e. The molecule has 0 aromatic carbocycles. The van der Waals surface area contributed by atoms with Gasteiger partial charge in [-0.25, -0.2) is 0 Å². The molecule has 1 heterocycles. The molecule has 1 N–H and O–H groups in total. The van der Waals surface area contributed by atoms with Gasteiger partial charge in [0.25, 0.3) is 0 Å². The maximum atomic E-state index is 12.3. The molecule has 1 saturated heterocycles. The van der Waals surface area contributed by atoms with Gasteiger partial charge in [-0.2, -0.15) is 0 Å². The van der Waals surface area contributed by atoms with Gasteiger partial charge in [0.15, 0.2) is 0 Å². The Morgan fingerprint density at radius 3 is 2.26 bits per heavy atom. The number of amides is 1. The Bertz CT molecular complexity index is 261. The van der Waals surface area contributed by atoms with E-state index in [1.165, 1.54) is 0 Å². The molecule has 0 bridgehead atoms. The molecule has 5 heteroatoms. The molecule has 0 aliphatic carbocycles. The lowest BCUT2D eigenvalue weighted by Crippen LogP contribution is -2.51. The molecular formula is C14H29N3O2. The molecule has 1 aliphatic rings. The van der Waals surface area contributed by atoms with E-state index in [-0.39, 0.29) is 12.5 Å². The van der Waals surface area contributed by atoms with E-state index >= 15 is 0 Å². The third kappa shape index (κ3) is 5.09. The summed E-state index contributed by atoms with van der Waals surface area (Å²) in [6.07, 6.45) is 2.04. The summed E-state index contributed by atoms with van der Waals surface area (Å²) in [4.78, 5) is 18.6. The average molecular weight is 271 g/mol. The zero-order valence-corrected chi connectivity index (χ0v) is 12.6. The van der Waals surface area contributed by atoms with Crippen LogP contribution in [0, 0.1) is 0 Å². The fourth-order valence-corrected chi connectivity index (χ4v) is 2.65. The van der Waals surface area contributed by atoms with Crippen molar-refractivity contribution in [2.45, 2.75) is 32.7 Å². The molecule has 1 amide bonds. The predicted molar refractivity (Wildman–Crippen MR) is 77.1 cm³/mol. The minimum atomic E-state index is 0.118. The first-order valence-electron chi connectivity index (χ1n) is 7.43. The number of carbonyl (C=O) groups excluding carboxylic acids is 1. The van der Waals surface area contributed by atoms with Crippen LogP contribution in [0.2, 0.25) is 0 Å². The van der Waals surface area contributed by atoms with Crippen LogP contribution in [0.3, 0.4) is 0 Å². The fraction of sp³-hybridized carbons (Fsp3) is 0.929. The van der Waals surface area contributed by atoms with Gasteiger partial charge >= 0.3 is 0 Å². The molecule has 0 radical (unpaired) electrons. The molecule has 0 aromatic rings. The van der Waals surface area contributed by atoms with Gasteiger partial charge in [-0.05, 0) is 19.9 Å². The van der Waals surface area contributed by atoms with Crippen molar-refractivity contribution in [2.24, 2.45) is 0 Å². The summed E-state index contributed by atoms with van der Waals surface area (Å²) in [5.41, 5.74) is 0. The molecule has 0 atom stereocenters. The summed E-state index contributed by atoms with van der Waals surface area (Å²) < 4.78 is 0. The van der Waals surface area contributed by atoms with Gasteiger partial charge in [-0.1, -0.05) is 13.8 Å². The van der Waals surface area contributed by atoms with Crippen molar-refractivity contribution in [1.82, 2.24) is 14.7 Å². The first-order valence-corrected chi connectivity index (χ1v) is 7.43. The number of aliphatic hydroxyl groups is 1. The predicted octanol–water partition coefficient (Wildman–Crippen LogP) is 0.243. The highest BCUT2D eigenvalue weighted by molar-refractivity contribution is 5.78. The van der Waals surface area contributed by atoms with Crippen LogP contribution in [0.5, 0.6) is 0 Å². The Hall–Kier alpha value is -0.650. The van der Waals surface area contributed by atoms with Crippen LogP contribution in [0.1, 0.15) is 26.7 Å². The van der Waals surface area contributed by atoms with E-state index in [0.717, 1.165) is 39.0 Å². The fourth-order valence-electron chi connectivity index (χ4n) is 2.65. The third-order valence-electron chi connectivity index (χ3n) is 4.04. The van der Waals surface area contributed by atoms with Crippen molar-refractivity contribution < 1.29 is 9.90 Å². The van der Waals surface area contributed by atoms with E-state index in [1.54, 1.807) is 0 Å². The molecular weight excluding hydrogens is 242 g/mol. The van der Waals surface area contributed by atoms with Crippen LogP contribution in [0.15, 0.2) is 0 Å². The molecule has 19 heavy (non-hydrogen) atoms. The van der Waals surface area contributed by atoms with E-state index in [2.05, 4.69) is 30.7 Å². The SMILES string of the molecule is CCC(CC)N(CCO)CC(=O)N1CCN(C)CC1. The van der Waals surface area contributed by atoms with Gasteiger partial charge in [0, 0.05) is 38.8 Å². The smallest absolute Gasteiger partial charge is 0.236 e. The number of likely N-dealkylation sites (N-methyl/N-ethyl adjacent to an activating group) is 1. The molecule has 1 aliphatic heterocycles. The van der Waals surface area contributed by atoms with Crippen LogP contribution in [0.25, 0.3) is 0 Å². The maximum Gasteiger partial charge on any atom is 0.236 e. The zero-order chi connectivity index (χ0) is 14.3. The maximum absolute atomic E-state index is 12.3. The number of aliphatic hydroxyl groups excluding tert-OH is 1. The summed E-state index contributed by atoms with van der Waals surface area (Å²) in [6, 6.07) is 0.392. The van der Waals surface area contributed by atoms with E-state index in [4.69, 9.17) is 5.11 Å². The number of nitrogens with zero attached hydrogens (tertiary/aromatic N) is 3. The second-order valence-corrected chi connectivity index (χ2v) is 5.35. The average Bonchev–Trinajstić information content (AvgIpc) is 2.41. The van der Waals surface area contributed by atoms with Gasteiger partial charge in [0.05, 0.1) is 13.2 Å². The van der Waals surface area contributed by atoms with Crippen molar-refractivity contribution in [3.05, 3.63) is 0 Å². The van der Waals surface area contributed by atoms with E-state index < -0.39 is 0 Å². The molecule has 1 fully saturated rings. The normalized spacial score (nSPS) is 17.5. The van der Waals surface area contributed by atoms with Crippen LogP contribution in [-0.4, -0.2) is 84.7 Å². The Balaban J connectivity index is 2.50. The molecule has 0 unspecified atom stereocenters. The van der Waals surface area contributed by atoms with Gasteiger partial charge < -0.3 is 14.9 Å². The Labute approximate surface area is 117 Å². The number of hydrogen-bond donors (Lipinski definition) is 1. The topological polar surface area (TPSA) is 47.0 Å². The number of piperazine rings is 1. The molecule has 0 saturated carbocycles. The van der Waals surface area contributed by atoms with Crippen molar-refractivity contribution in [3.63, 3.8) is 0 Å². The van der Waals surface area contributed by atoms with Crippen LogP contribution < -0.4 is 0 Å². The highest BCUT2D eigenvalue weighted by atomic mass is 16.3. The lowest BCUT2D eigenvalue weighted by molar-refractivity contribution is -0.134. The number of carbonyl (C=O) groups is 1. The van der Waals surface area contributed by atoms with Crippen LogP contribution >= 0.6 is 0 Å². The Morgan fingerprint density at radius 2 is 1.79 bits per heavy atom. The van der Waals surface area contributed by atoms with Crippen molar-refractivity contribution in [1.29, 1.82) is 0 Å². The van der Waals surface area contributed by atoms with Crippen molar-refractivity contribution >= 4 is 5.91 Å². The first kappa shape index (κ1) is 16.4. The summed E-state index contributed by atoms with van der Waals surface area (Å²) in [5, 5.41) is 9.16.